The molecule has 5 nitrogen and oxygen atoms in total. The van der Waals surface area contributed by atoms with Crippen LogP contribution in [0.5, 0.6) is 5.75 Å². The molecule has 0 saturated carbocycles. The summed E-state index contributed by atoms with van der Waals surface area (Å²) < 4.78 is 5.09. The van der Waals surface area contributed by atoms with Gasteiger partial charge < -0.3 is 19.9 Å². The molecule has 2 rings (SSSR count). The Balaban J connectivity index is 1.75. The second-order valence-corrected chi connectivity index (χ2v) is 5.83. The molecular formula is C16H24ClN3O2. The van der Waals surface area contributed by atoms with Gasteiger partial charge in [0, 0.05) is 44.8 Å². The number of nitrogens with one attached hydrogen (secondary N) is 1. The minimum atomic E-state index is 0.0131. The van der Waals surface area contributed by atoms with E-state index in [1.807, 2.05) is 0 Å². The Hall–Kier alpha value is -1.30. The van der Waals surface area contributed by atoms with Gasteiger partial charge >= 0.3 is 0 Å². The predicted octanol–water partition coefficient (Wildman–Crippen LogP) is 2.31. The molecule has 1 aromatic carbocycles. The molecule has 1 fully saturated rings. The van der Waals surface area contributed by atoms with Crippen LogP contribution in [0, 0.1) is 0 Å². The van der Waals surface area contributed by atoms with Crippen molar-refractivity contribution in [3.63, 3.8) is 0 Å². The smallest absolute Gasteiger partial charge is 0.225 e. The maximum absolute atomic E-state index is 12.0. The molecule has 0 spiro atoms. The zero-order chi connectivity index (χ0) is 15.9. The van der Waals surface area contributed by atoms with Crippen LogP contribution in [-0.4, -0.2) is 62.1 Å². The van der Waals surface area contributed by atoms with Crippen molar-refractivity contribution in [2.75, 3.05) is 51.7 Å². The third-order valence-electron chi connectivity index (χ3n) is 4.00. The number of carbonyl (C=O) groups is 1. The van der Waals surface area contributed by atoms with E-state index in [-0.39, 0.29) is 5.91 Å². The highest BCUT2D eigenvalue weighted by Crippen LogP contribution is 2.27. The molecule has 1 heterocycles. The monoisotopic (exact) mass is 325 g/mol. The Morgan fingerprint density at radius 1 is 1.27 bits per heavy atom. The number of carbonyl (C=O) groups excluding carboxylic acids is 1. The standard InChI is InChI=1S/C16H24ClN3O2/c1-3-19-8-10-20(11-9-19)7-6-16(21)18-13-4-5-15(22-2)14(17)12-13/h4-5,12H,3,6-11H2,1-2H3,(H,18,21). The number of likely N-dealkylation sites (N-methyl/N-ethyl adjacent to an activating group) is 1. The Morgan fingerprint density at radius 2 is 1.95 bits per heavy atom. The summed E-state index contributed by atoms with van der Waals surface area (Å²) in [5, 5.41) is 3.37. The second kappa shape index (κ2) is 8.36. The topological polar surface area (TPSA) is 44.8 Å². The highest BCUT2D eigenvalue weighted by Gasteiger charge is 2.16. The molecule has 1 amide bonds. The van der Waals surface area contributed by atoms with Crippen LogP contribution in [0.25, 0.3) is 0 Å². The Morgan fingerprint density at radius 3 is 2.55 bits per heavy atom. The molecule has 0 bridgehead atoms. The van der Waals surface area contributed by atoms with Gasteiger partial charge in [-0.25, -0.2) is 0 Å². The highest BCUT2D eigenvalue weighted by atomic mass is 35.5. The number of ether oxygens (including phenoxy) is 1. The average Bonchev–Trinajstić information content (AvgIpc) is 2.53. The summed E-state index contributed by atoms with van der Waals surface area (Å²) in [6.07, 6.45) is 0.496. The van der Waals surface area contributed by atoms with Crippen LogP contribution >= 0.6 is 11.6 Å². The fourth-order valence-corrected chi connectivity index (χ4v) is 2.81. The number of piperazine rings is 1. The van der Waals surface area contributed by atoms with E-state index in [9.17, 15) is 4.79 Å². The lowest BCUT2D eigenvalue weighted by Gasteiger charge is -2.33. The summed E-state index contributed by atoms with van der Waals surface area (Å²) in [5.41, 5.74) is 0.701. The number of methoxy groups -OCH3 is 1. The van der Waals surface area contributed by atoms with Gasteiger partial charge in [0.25, 0.3) is 0 Å². The summed E-state index contributed by atoms with van der Waals surface area (Å²) in [4.78, 5) is 16.8. The highest BCUT2D eigenvalue weighted by molar-refractivity contribution is 6.32. The van der Waals surface area contributed by atoms with Crippen LogP contribution in [0.15, 0.2) is 18.2 Å². The lowest BCUT2D eigenvalue weighted by molar-refractivity contribution is -0.116. The van der Waals surface area contributed by atoms with E-state index >= 15 is 0 Å². The third kappa shape index (κ3) is 4.87. The first-order chi connectivity index (χ1) is 10.6. The fraction of sp³-hybridized carbons (Fsp3) is 0.562. The predicted molar refractivity (Wildman–Crippen MR) is 89.8 cm³/mol. The minimum Gasteiger partial charge on any atom is -0.495 e. The molecule has 1 N–H and O–H groups in total. The van der Waals surface area contributed by atoms with Gasteiger partial charge in [0.05, 0.1) is 12.1 Å². The van der Waals surface area contributed by atoms with E-state index in [0.717, 1.165) is 39.3 Å². The number of amides is 1. The van der Waals surface area contributed by atoms with Gasteiger partial charge in [-0.2, -0.15) is 0 Å². The quantitative estimate of drug-likeness (QED) is 0.872. The summed E-state index contributed by atoms with van der Waals surface area (Å²) in [6, 6.07) is 5.25. The largest absolute Gasteiger partial charge is 0.495 e. The number of hydrogen-bond acceptors (Lipinski definition) is 4. The number of nitrogens with zero attached hydrogens (tertiary/aromatic N) is 2. The summed E-state index contributed by atoms with van der Waals surface area (Å²) in [6.45, 7) is 8.34. The molecule has 6 heteroatoms. The van der Waals surface area contributed by atoms with Gasteiger partial charge in [-0.3, -0.25) is 4.79 Å². The SMILES string of the molecule is CCN1CCN(CCC(=O)Nc2ccc(OC)c(Cl)c2)CC1. The molecule has 1 aromatic rings. The van der Waals surface area contributed by atoms with Crippen molar-refractivity contribution in [1.82, 2.24) is 9.80 Å². The van der Waals surface area contributed by atoms with Crippen molar-refractivity contribution < 1.29 is 9.53 Å². The summed E-state index contributed by atoms with van der Waals surface area (Å²) in [5.74, 6) is 0.618. The molecule has 0 atom stereocenters. The van der Waals surface area contributed by atoms with Gasteiger partial charge in [-0.1, -0.05) is 18.5 Å². The minimum absolute atomic E-state index is 0.0131. The van der Waals surface area contributed by atoms with Crippen molar-refractivity contribution >= 4 is 23.2 Å². The van der Waals surface area contributed by atoms with Crippen LogP contribution in [0.2, 0.25) is 5.02 Å². The van der Waals surface area contributed by atoms with Crippen LogP contribution < -0.4 is 10.1 Å². The molecule has 0 aliphatic carbocycles. The summed E-state index contributed by atoms with van der Waals surface area (Å²) in [7, 11) is 1.57. The normalized spacial score (nSPS) is 16.5. The number of rotatable bonds is 6. The van der Waals surface area contributed by atoms with Crippen molar-refractivity contribution in [1.29, 1.82) is 0 Å². The number of hydrogen-bond donors (Lipinski definition) is 1. The molecule has 1 aliphatic heterocycles. The Labute approximate surface area is 137 Å². The van der Waals surface area contributed by atoms with E-state index in [0.29, 0.717) is 22.9 Å². The Bertz CT molecular complexity index is 502. The number of halogens is 1. The average molecular weight is 326 g/mol. The molecular weight excluding hydrogens is 302 g/mol. The van der Waals surface area contributed by atoms with Gasteiger partial charge in [-0.15, -0.1) is 0 Å². The van der Waals surface area contributed by atoms with Crippen LogP contribution in [0.4, 0.5) is 5.69 Å². The zero-order valence-corrected chi connectivity index (χ0v) is 14.0. The molecule has 1 aliphatic rings. The van der Waals surface area contributed by atoms with Crippen molar-refractivity contribution in [2.45, 2.75) is 13.3 Å². The first-order valence-electron chi connectivity index (χ1n) is 7.70. The molecule has 1 saturated heterocycles. The third-order valence-corrected chi connectivity index (χ3v) is 4.30. The first kappa shape index (κ1) is 17.1. The van der Waals surface area contributed by atoms with Crippen molar-refractivity contribution in [2.24, 2.45) is 0 Å². The number of anilines is 1. The van der Waals surface area contributed by atoms with E-state index in [1.165, 1.54) is 0 Å². The van der Waals surface area contributed by atoms with Crippen molar-refractivity contribution in [3.8, 4) is 5.75 Å². The van der Waals surface area contributed by atoms with Gasteiger partial charge in [0.15, 0.2) is 0 Å². The Kier molecular flexibility index (Phi) is 6.49. The van der Waals surface area contributed by atoms with Crippen LogP contribution in [-0.2, 0) is 4.79 Å². The van der Waals surface area contributed by atoms with Gasteiger partial charge in [0.1, 0.15) is 5.75 Å². The summed E-state index contributed by atoms with van der Waals surface area (Å²) >= 11 is 6.05. The van der Waals surface area contributed by atoms with Gasteiger partial charge in [0.2, 0.25) is 5.91 Å². The first-order valence-corrected chi connectivity index (χ1v) is 8.08. The zero-order valence-electron chi connectivity index (χ0n) is 13.3. The molecule has 0 aromatic heterocycles. The van der Waals surface area contributed by atoms with Crippen LogP contribution in [0.3, 0.4) is 0 Å². The lowest BCUT2D eigenvalue weighted by atomic mass is 10.2. The number of benzene rings is 1. The second-order valence-electron chi connectivity index (χ2n) is 5.42. The van der Waals surface area contributed by atoms with Crippen LogP contribution in [0.1, 0.15) is 13.3 Å². The molecule has 22 heavy (non-hydrogen) atoms. The maximum Gasteiger partial charge on any atom is 0.225 e. The van der Waals surface area contributed by atoms with E-state index in [2.05, 4.69) is 22.0 Å². The molecule has 0 radical (unpaired) electrons. The van der Waals surface area contributed by atoms with Crippen molar-refractivity contribution in [3.05, 3.63) is 23.2 Å². The van der Waals surface area contributed by atoms with Gasteiger partial charge in [-0.05, 0) is 24.7 Å². The van der Waals surface area contributed by atoms with E-state index < -0.39 is 0 Å². The fourth-order valence-electron chi connectivity index (χ4n) is 2.56. The lowest BCUT2D eigenvalue weighted by Crippen LogP contribution is -2.46. The molecule has 122 valence electrons. The van der Waals surface area contributed by atoms with E-state index in [1.54, 1.807) is 25.3 Å². The molecule has 0 unspecified atom stereocenters. The maximum atomic E-state index is 12.0. The van der Waals surface area contributed by atoms with E-state index in [4.69, 9.17) is 16.3 Å².